The van der Waals surface area contributed by atoms with E-state index in [0.717, 1.165) is 26.3 Å². The topological polar surface area (TPSA) is 41.6 Å². The van der Waals surface area contributed by atoms with Gasteiger partial charge in [-0.2, -0.15) is 11.3 Å². The molecule has 1 aromatic heterocycles. The molecule has 1 amide bonds. The van der Waals surface area contributed by atoms with Crippen molar-refractivity contribution in [3.8, 4) is 0 Å². The highest BCUT2D eigenvalue weighted by atomic mass is 32.1. The summed E-state index contributed by atoms with van der Waals surface area (Å²) in [5, 5.41) is 7.38. The van der Waals surface area contributed by atoms with Gasteiger partial charge in [0, 0.05) is 26.1 Å². The van der Waals surface area contributed by atoms with Gasteiger partial charge in [0.15, 0.2) is 0 Å². The Morgan fingerprint density at radius 1 is 1.43 bits per heavy atom. The summed E-state index contributed by atoms with van der Waals surface area (Å²) in [6.07, 6.45) is 0.562. The van der Waals surface area contributed by atoms with Gasteiger partial charge in [0.1, 0.15) is 0 Å². The summed E-state index contributed by atoms with van der Waals surface area (Å²) in [6.45, 7) is 10.3. The summed E-state index contributed by atoms with van der Waals surface area (Å²) in [5.41, 5.74) is 1.32. The van der Waals surface area contributed by atoms with Crippen LogP contribution in [0, 0.1) is 5.41 Å². The number of thiophene rings is 1. The number of nitrogens with one attached hydrogen (secondary N) is 1. The molecule has 0 aromatic carbocycles. The number of hydrogen-bond donors (Lipinski definition) is 1. The Balaban J connectivity index is 1.95. The van der Waals surface area contributed by atoms with Gasteiger partial charge in [0.05, 0.1) is 19.3 Å². The van der Waals surface area contributed by atoms with Crippen LogP contribution in [-0.2, 0) is 9.53 Å². The van der Waals surface area contributed by atoms with Gasteiger partial charge in [-0.15, -0.1) is 0 Å². The lowest BCUT2D eigenvalue weighted by atomic mass is 9.92. The molecule has 0 bridgehead atoms. The predicted octanol–water partition coefficient (Wildman–Crippen LogP) is 2.67. The van der Waals surface area contributed by atoms with Crippen LogP contribution in [0.15, 0.2) is 16.8 Å². The fraction of sp³-hybridized carbons (Fsp3) is 0.688. The molecule has 2 rings (SSSR count). The third-order valence-electron chi connectivity index (χ3n) is 3.60. The van der Waals surface area contributed by atoms with Crippen LogP contribution in [0.2, 0.25) is 0 Å². The minimum atomic E-state index is 0.0287. The quantitative estimate of drug-likeness (QED) is 0.909. The molecule has 1 aliphatic rings. The second-order valence-electron chi connectivity index (χ2n) is 6.76. The fourth-order valence-electron chi connectivity index (χ4n) is 2.57. The zero-order valence-corrected chi connectivity index (χ0v) is 14.0. The maximum absolute atomic E-state index is 12.1. The van der Waals surface area contributed by atoms with Gasteiger partial charge in [0.25, 0.3) is 0 Å². The molecule has 1 atom stereocenters. The van der Waals surface area contributed by atoms with Crippen LogP contribution >= 0.6 is 11.3 Å². The van der Waals surface area contributed by atoms with Crippen molar-refractivity contribution in [3.05, 3.63) is 22.4 Å². The van der Waals surface area contributed by atoms with E-state index >= 15 is 0 Å². The average molecular weight is 310 g/mol. The second-order valence-corrected chi connectivity index (χ2v) is 7.54. The Bertz CT molecular complexity index is 434. The van der Waals surface area contributed by atoms with Crippen LogP contribution in [0.1, 0.15) is 38.8 Å². The van der Waals surface area contributed by atoms with Crippen LogP contribution in [0.5, 0.6) is 0 Å². The molecule has 2 heterocycles. The Labute approximate surface area is 131 Å². The van der Waals surface area contributed by atoms with Gasteiger partial charge in [-0.1, -0.05) is 20.8 Å². The first-order chi connectivity index (χ1) is 9.96. The standard InChI is InChI=1S/C16H26N2O2S/c1-16(2,3)10-15(19)17-11-14(13-4-9-21-12-13)18-5-7-20-8-6-18/h4,9,12,14H,5-8,10-11H2,1-3H3,(H,17,19). The molecule has 1 aliphatic heterocycles. The van der Waals surface area contributed by atoms with E-state index in [1.54, 1.807) is 11.3 Å². The van der Waals surface area contributed by atoms with Crippen molar-refractivity contribution in [1.82, 2.24) is 10.2 Å². The predicted molar refractivity (Wildman–Crippen MR) is 86.5 cm³/mol. The lowest BCUT2D eigenvalue weighted by molar-refractivity contribution is -0.123. The molecule has 1 aromatic rings. The zero-order chi connectivity index (χ0) is 15.3. The van der Waals surface area contributed by atoms with Gasteiger partial charge >= 0.3 is 0 Å². The van der Waals surface area contributed by atoms with E-state index in [-0.39, 0.29) is 17.4 Å². The highest BCUT2D eigenvalue weighted by molar-refractivity contribution is 7.07. The molecule has 0 aliphatic carbocycles. The van der Waals surface area contributed by atoms with Gasteiger partial charge in [-0.05, 0) is 27.8 Å². The number of carbonyl (C=O) groups excluding carboxylic acids is 1. The SMILES string of the molecule is CC(C)(C)CC(=O)NCC(c1ccsc1)N1CCOCC1. The Kier molecular flexibility index (Phi) is 5.79. The first-order valence-electron chi connectivity index (χ1n) is 7.56. The molecule has 118 valence electrons. The van der Waals surface area contributed by atoms with E-state index in [1.807, 2.05) is 0 Å². The largest absolute Gasteiger partial charge is 0.379 e. The summed E-state index contributed by atoms with van der Waals surface area (Å²) >= 11 is 1.71. The lowest BCUT2D eigenvalue weighted by Gasteiger charge is -2.34. The van der Waals surface area contributed by atoms with Crippen LogP contribution < -0.4 is 5.32 Å². The van der Waals surface area contributed by atoms with Crippen molar-refractivity contribution in [2.45, 2.75) is 33.2 Å². The van der Waals surface area contributed by atoms with Crippen LogP contribution in [0.4, 0.5) is 0 Å². The van der Waals surface area contributed by atoms with Gasteiger partial charge in [-0.3, -0.25) is 9.69 Å². The molecule has 4 nitrogen and oxygen atoms in total. The minimum Gasteiger partial charge on any atom is -0.379 e. The molecule has 1 unspecified atom stereocenters. The van der Waals surface area contributed by atoms with Crippen molar-refractivity contribution in [2.75, 3.05) is 32.8 Å². The number of morpholine rings is 1. The number of rotatable bonds is 5. The van der Waals surface area contributed by atoms with Gasteiger partial charge in [-0.25, -0.2) is 0 Å². The molecule has 1 N–H and O–H groups in total. The summed E-state index contributed by atoms with van der Waals surface area (Å²) in [4.78, 5) is 14.5. The summed E-state index contributed by atoms with van der Waals surface area (Å²) < 4.78 is 5.43. The number of carbonyl (C=O) groups is 1. The molecular formula is C16H26N2O2S. The van der Waals surface area contributed by atoms with Crippen molar-refractivity contribution in [3.63, 3.8) is 0 Å². The first kappa shape index (κ1) is 16.5. The third kappa shape index (κ3) is 5.41. The van der Waals surface area contributed by atoms with Gasteiger partial charge < -0.3 is 10.1 Å². The average Bonchev–Trinajstić information content (AvgIpc) is 2.92. The smallest absolute Gasteiger partial charge is 0.220 e. The van der Waals surface area contributed by atoms with E-state index in [2.05, 4.69) is 47.8 Å². The molecule has 0 saturated carbocycles. The highest BCUT2D eigenvalue weighted by Crippen LogP contribution is 2.24. The summed E-state index contributed by atoms with van der Waals surface area (Å²) in [7, 11) is 0. The lowest BCUT2D eigenvalue weighted by Crippen LogP contribution is -2.44. The molecule has 0 radical (unpaired) electrons. The number of amides is 1. The first-order valence-corrected chi connectivity index (χ1v) is 8.50. The molecule has 5 heteroatoms. The monoisotopic (exact) mass is 310 g/mol. The second kappa shape index (κ2) is 7.38. The minimum absolute atomic E-state index is 0.0287. The number of nitrogens with zero attached hydrogens (tertiary/aromatic N) is 1. The maximum Gasteiger partial charge on any atom is 0.220 e. The normalized spacial score (nSPS) is 18.4. The maximum atomic E-state index is 12.1. The fourth-order valence-corrected chi connectivity index (χ4v) is 3.27. The van der Waals surface area contributed by atoms with Gasteiger partial charge in [0.2, 0.25) is 5.91 Å². The van der Waals surface area contributed by atoms with E-state index in [9.17, 15) is 4.79 Å². The van der Waals surface area contributed by atoms with Crippen molar-refractivity contribution in [2.24, 2.45) is 5.41 Å². The molecule has 1 saturated heterocycles. The van der Waals surface area contributed by atoms with E-state index < -0.39 is 0 Å². The van der Waals surface area contributed by atoms with Crippen molar-refractivity contribution < 1.29 is 9.53 Å². The molecule has 1 fully saturated rings. The van der Waals surface area contributed by atoms with Crippen molar-refractivity contribution in [1.29, 1.82) is 0 Å². The van der Waals surface area contributed by atoms with Crippen molar-refractivity contribution >= 4 is 17.2 Å². The Morgan fingerprint density at radius 3 is 2.71 bits per heavy atom. The Morgan fingerprint density at radius 2 is 2.14 bits per heavy atom. The molecule has 21 heavy (non-hydrogen) atoms. The number of hydrogen-bond acceptors (Lipinski definition) is 4. The molecule has 0 spiro atoms. The van der Waals surface area contributed by atoms with Crippen LogP contribution in [0.3, 0.4) is 0 Å². The summed E-state index contributed by atoms with van der Waals surface area (Å²) in [6, 6.07) is 2.41. The zero-order valence-electron chi connectivity index (χ0n) is 13.2. The molecular weight excluding hydrogens is 284 g/mol. The number of ether oxygens (including phenoxy) is 1. The van der Waals surface area contributed by atoms with E-state index in [4.69, 9.17) is 4.74 Å². The van der Waals surface area contributed by atoms with Crippen LogP contribution in [0.25, 0.3) is 0 Å². The highest BCUT2D eigenvalue weighted by Gasteiger charge is 2.24. The Hall–Kier alpha value is -0.910. The van der Waals surface area contributed by atoms with E-state index in [0.29, 0.717) is 13.0 Å². The summed E-state index contributed by atoms with van der Waals surface area (Å²) in [5.74, 6) is 0.135. The van der Waals surface area contributed by atoms with E-state index in [1.165, 1.54) is 5.56 Å². The third-order valence-corrected chi connectivity index (χ3v) is 4.30. The van der Waals surface area contributed by atoms with Crippen LogP contribution in [-0.4, -0.2) is 43.7 Å².